The van der Waals surface area contributed by atoms with E-state index in [9.17, 15) is 4.79 Å². The molecule has 2 heterocycles. The van der Waals surface area contributed by atoms with Crippen molar-refractivity contribution in [2.24, 2.45) is 0 Å². The van der Waals surface area contributed by atoms with E-state index in [0.29, 0.717) is 6.54 Å². The first-order valence-electron chi connectivity index (χ1n) is 7.74. The van der Waals surface area contributed by atoms with Crippen LogP contribution in [0.1, 0.15) is 32.9 Å². The van der Waals surface area contributed by atoms with Crippen LogP contribution in [0.15, 0.2) is 30.0 Å². The Balaban J connectivity index is 1.85. The summed E-state index contributed by atoms with van der Waals surface area (Å²) in [5.74, 6) is 0.767. The molecule has 2 rings (SSSR count). The molecule has 120 valence electrons. The predicted octanol–water partition coefficient (Wildman–Crippen LogP) is 2.14. The lowest BCUT2D eigenvalue weighted by Crippen LogP contribution is -2.25. The molecule has 5 heteroatoms. The lowest BCUT2D eigenvalue weighted by Gasteiger charge is -2.16. The quantitative estimate of drug-likeness (QED) is 0.818. The van der Waals surface area contributed by atoms with Crippen LogP contribution in [0.5, 0.6) is 5.75 Å². The van der Waals surface area contributed by atoms with Gasteiger partial charge < -0.3 is 10.1 Å². The number of pyridine rings is 1. The highest BCUT2D eigenvalue weighted by atomic mass is 16.5. The molecule has 0 radical (unpaired) electrons. The second kappa shape index (κ2) is 7.94. The molecule has 1 fully saturated rings. The summed E-state index contributed by atoms with van der Waals surface area (Å²) >= 11 is 0. The van der Waals surface area contributed by atoms with E-state index in [1.807, 2.05) is 12.1 Å². The minimum absolute atomic E-state index is 0.0566. The molecular formula is C17H25N3O2. The first kappa shape index (κ1) is 16.5. The standard InChI is InChI=1S/C17H25N3O2/c1-13(2)5-8-20-9-6-17(12-20)22-16-4-7-18-15(10-16)11-19-14(3)21/h4-5,7,10,17H,6,8-9,11-12H2,1-3H3,(H,19,21). The molecule has 0 saturated carbocycles. The molecule has 1 aliphatic rings. The smallest absolute Gasteiger partial charge is 0.217 e. The average Bonchev–Trinajstić information content (AvgIpc) is 2.91. The Labute approximate surface area is 132 Å². The SMILES string of the molecule is CC(=O)NCc1cc(OC2CCN(CC=C(C)C)C2)ccn1. The predicted molar refractivity (Wildman–Crippen MR) is 86.7 cm³/mol. The van der Waals surface area contributed by atoms with E-state index in [0.717, 1.165) is 37.5 Å². The van der Waals surface area contributed by atoms with Gasteiger partial charge in [-0.15, -0.1) is 0 Å². The van der Waals surface area contributed by atoms with Gasteiger partial charge in [-0.1, -0.05) is 11.6 Å². The number of hydrogen-bond acceptors (Lipinski definition) is 4. The van der Waals surface area contributed by atoms with Gasteiger partial charge in [0.25, 0.3) is 0 Å². The van der Waals surface area contributed by atoms with Gasteiger partial charge in [-0.2, -0.15) is 0 Å². The van der Waals surface area contributed by atoms with Crippen LogP contribution in [0.25, 0.3) is 0 Å². The number of nitrogens with zero attached hydrogens (tertiary/aromatic N) is 2. The van der Waals surface area contributed by atoms with Gasteiger partial charge in [0.1, 0.15) is 11.9 Å². The number of rotatable bonds is 6. The van der Waals surface area contributed by atoms with E-state index in [-0.39, 0.29) is 12.0 Å². The molecule has 1 aliphatic heterocycles. The van der Waals surface area contributed by atoms with Gasteiger partial charge in [0.05, 0.1) is 12.2 Å². The minimum atomic E-state index is -0.0566. The molecule has 0 spiro atoms. The second-order valence-corrected chi connectivity index (χ2v) is 5.96. The van der Waals surface area contributed by atoms with Crippen LogP contribution in [0.2, 0.25) is 0 Å². The number of carbonyl (C=O) groups excluding carboxylic acids is 1. The van der Waals surface area contributed by atoms with Crippen molar-refractivity contribution in [1.29, 1.82) is 0 Å². The number of ether oxygens (including phenoxy) is 1. The molecule has 0 aliphatic carbocycles. The summed E-state index contributed by atoms with van der Waals surface area (Å²) in [5.41, 5.74) is 2.16. The number of hydrogen-bond donors (Lipinski definition) is 1. The Kier molecular flexibility index (Phi) is 5.95. The van der Waals surface area contributed by atoms with Crippen LogP contribution in [-0.2, 0) is 11.3 Å². The average molecular weight is 303 g/mol. The fourth-order valence-corrected chi connectivity index (χ4v) is 2.40. The summed E-state index contributed by atoms with van der Waals surface area (Å²) in [6.45, 7) is 9.19. The fraction of sp³-hybridized carbons (Fsp3) is 0.529. The lowest BCUT2D eigenvalue weighted by atomic mass is 10.3. The van der Waals surface area contributed by atoms with E-state index in [4.69, 9.17) is 4.74 Å². The Morgan fingerprint density at radius 2 is 2.32 bits per heavy atom. The molecular weight excluding hydrogens is 278 g/mol. The van der Waals surface area contributed by atoms with Gasteiger partial charge in [-0.25, -0.2) is 0 Å². The highest BCUT2D eigenvalue weighted by Gasteiger charge is 2.23. The Bertz CT molecular complexity index is 538. The number of nitrogens with one attached hydrogen (secondary N) is 1. The van der Waals surface area contributed by atoms with Crippen molar-refractivity contribution in [1.82, 2.24) is 15.2 Å². The number of carbonyl (C=O) groups is 1. The van der Waals surface area contributed by atoms with Gasteiger partial charge in [0, 0.05) is 38.8 Å². The maximum atomic E-state index is 10.9. The van der Waals surface area contributed by atoms with E-state index in [1.54, 1.807) is 6.20 Å². The molecule has 1 aromatic rings. The number of allylic oxidation sites excluding steroid dienone is 1. The second-order valence-electron chi connectivity index (χ2n) is 5.96. The zero-order valence-electron chi connectivity index (χ0n) is 13.6. The molecule has 1 saturated heterocycles. The van der Waals surface area contributed by atoms with E-state index >= 15 is 0 Å². The van der Waals surface area contributed by atoms with E-state index in [1.165, 1.54) is 12.5 Å². The van der Waals surface area contributed by atoms with Crippen molar-refractivity contribution in [3.05, 3.63) is 35.7 Å². The monoisotopic (exact) mass is 303 g/mol. The topological polar surface area (TPSA) is 54.5 Å². The molecule has 1 amide bonds. The molecule has 1 atom stereocenters. The molecule has 0 bridgehead atoms. The van der Waals surface area contributed by atoms with Gasteiger partial charge >= 0.3 is 0 Å². The van der Waals surface area contributed by atoms with Crippen LogP contribution in [-0.4, -0.2) is 41.5 Å². The molecule has 0 aromatic carbocycles. The number of aromatic nitrogens is 1. The van der Waals surface area contributed by atoms with Crippen LogP contribution in [0.4, 0.5) is 0 Å². The number of amides is 1. The molecule has 1 aromatic heterocycles. The third-order valence-electron chi connectivity index (χ3n) is 3.60. The van der Waals surface area contributed by atoms with Crippen molar-refractivity contribution < 1.29 is 9.53 Å². The van der Waals surface area contributed by atoms with Gasteiger partial charge in [0.15, 0.2) is 0 Å². The first-order valence-corrected chi connectivity index (χ1v) is 7.74. The molecule has 1 unspecified atom stereocenters. The Morgan fingerprint density at radius 3 is 3.05 bits per heavy atom. The van der Waals surface area contributed by atoms with Gasteiger partial charge in [0.2, 0.25) is 5.91 Å². The Morgan fingerprint density at radius 1 is 1.50 bits per heavy atom. The van der Waals surface area contributed by atoms with E-state index < -0.39 is 0 Å². The highest BCUT2D eigenvalue weighted by Crippen LogP contribution is 2.18. The molecule has 22 heavy (non-hydrogen) atoms. The maximum absolute atomic E-state index is 10.9. The highest BCUT2D eigenvalue weighted by molar-refractivity contribution is 5.72. The van der Waals surface area contributed by atoms with Crippen molar-refractivity contribution in [2.45, 2.75) is 39.8 Å². The largest absolute Gasteiger partial charge is 0.489 e. The minimum Gasteiger partial charge on any atom is -0.489 e. The summed E-state index contributed by atoms with van der Waals surface area (Å²) in [6, 6.07) is 3.77. The lowest BCUT2D eigenvalue weighted by molar-refractivity contribution is -0.119. The molecule has 1 N–H and O–H groups in total. The van der Waals surface area contributed by atoms with Gasteiger partial charge in [-0.3, -0.25) is 14.7 Å². The van der Waals surface area contributed by atoms with Gasteiger partial charge in [-0.05, 0) is 26.3 Å². The van der Waals surface area contributed by atoms with Crippen molar-refractivity contribution in [3.8, 4) is 5.75 Å². The van der Waals surface area contributed by atoms with Crippen LogP contribution >= 0.6 is 0 Å². The summed E-state index contributed by atoms with van der Waals surface area (Å²) in [4.78, 5) is 17.6. The third kappa shape index (κ3) is 5.48. The van der Waals surface area contributed by atoms with Crippen LogP contribution < -0.4 is 10.1 Å². The summed E-state index contributed by atoms with van der Waals surface area (Å²) in [7, 11) is 0. The third-order valence-corrected chi connectivity index (χ3v) is 3.60. The first-order chi connectivity index (χ1) is 10.5. The zero-order chi connectivity index (χ0) is 15.9. The summed E-state index contributed by atoms with van der Waals surface area (Å²) in [5, 5.41) is 2.75. The van der Waals surface area contributed by atoms with Crippen molar-refractivity contribution >= 4 is 5.91 Å². The van der Waals surface area contributed by atoms with Crippen molar-refractivity contribution in [2.75, 3.05) is 19.6 Å². The zero-order valence-corrected chi connectivity index (χ0v) is 13.6. The normalized spacial score (nSPS) is 18.0. The summed E-state index contributed by atoms with van der Waals surface area (Å²) in [6.07, 6.45) is 5.24. The Hall–Kier alpha value is -1.88. The summed E-state index contributed by atoms with van der Waals surface area (Å²) < 4.78 is 6.04. The number of likely N-dealkylation sites (tertiary alicyclic amines) is 1. The van der Waals surface area contributed by atoms with Crippen molar-refractivity contribution in [3.63, 3.8) is 0 Å². The van der Waals surface area contributed by atoms with Crippen LogP contribution in [0, 0.1) is 0 Å². The van der Waals surface area contributed by atoms with E-state index in [2.05, 4.69) is 35.1 Å². The maximum Gasteiger partial charge on any atom is 0.217 e. The fourth-order valence-electron chi connectivity index (χ4n) is 2.40. The van der Waals surface area contributed by atoms with Crippen LogP contribution in [0.3, 0.4) is 0 Å². The molecule has 5 nitrogen and oxygen atoms in total.